The fourth-order valence-corrected chi connectivity index (χ4v) is 4.06. The number of nitrogens with zero attached hydrogens (tertiary/aromatic N) is 2. The molecular formula is C26H35N3O4. The summed E-state index contributed by atoms with van der Waals surface area (Å²) in [7, 11) is 1.61. The Balaban J connectivity index is 1.81. The van der Waals surface area contributed by atoms with Gasteiger partial charge in [-0.15, -0.1) is 0 Å². The van der Waals surface area contributed by atoms with Gasteiger partial charge >= 0.3 is 0 Å². The molecule has 1 aliphatic heterocycles. The van der Waals surface area contributed by atoms with E-state index in [1.165, 1.54) is 0 Å². The van der Waals surface area contributed by atoms with Crippen LogP contribution < -0.4 is 15.5 Å². The molecular weight excluding hydrogens is 418 g/mol. The van der Waals surface area contributed by atoms with Crippen LogP contribution in [0.25, 0.3) is 0 Å². The molecule has 1 aliphatic rings. The average molecular weight is 454 g/mol. The van der Waals surface area contributed by atoms with Crippen molar-refractivity contribution < 1.29 is 14.3 Å². The number of likely N-dealkylation sites (tertiary alicyclic amines) is 1. The second-order valence-corrected chi connectivity index (χ2v) is 8.68. The first-order valence-corrected chi connectivity index (χ1v) is 11.9. The number of amides is 2. The number of carbonyl (C=O) groups excluding carboxylic acids is 2. The third-order valence-electron chi connectivity index (χ3n) is 6.35. The van der Waals surface area contributed by atoms with Crippen LogP contribution in [0, 0.1) is 0 Å². The average Bonchev–Trinajstić information content (AvgIpc) is 3.13. The molecule has 0 bridgehead atoms. The SMILES string of the molecule is CCC(C)n1cc(C(=O)NCCc2cccc(OC)c2)c(=O)c(C(=O)N2CCCCCC2)c1. The Bertz CT molecular complexity index is 1020. The van der Waals surface area contributed by atoms with Crippen molar-refractivity contribution in [1.82, 2.24) is 14.8 Å². The summed E-state index contributed by atoms with van der Waals surface area (Å²) in [4.78, 5) is 41.2. The largest absolute Gasteiger partial charge is 0.497 e. The van der Waals surface area contributed by atoms with Gasteiger partial charge in [-0.1, -0.05) is 31.9 Å². The topological polar surface area (TPSA) is 80.6 Å². The number of ether oxygens (including phenoxy) is 1. The highest BCUT2D eigenvalue weighted by atomic mass is 16.5. The zero-order valence-corrected chi connectivity index (χ0v) is 19.9. The molecule has 0 radical (unpaired) electrons. The number of aromatic nitrogens is 1. The van der Waals surface area contributed by atoms with Crippen molar-refractivity contribution >= 4 is 11.8 Å². The summed E-state index contributed by atoms with van der Waals surface area (Å²) in [5.74, 6) is 0.0328. The van der Waals surface area contributed by atoms with Crippen molar-refractivity contribution in [3.63, 3.8) is 0 Å². The van der Waals surface area contributed by atoms with Crippen LogP contribution in [0.3, 0.4) is 0 Å². The molecule has 1 fully saturated rings. The van der Waals surface area contributed by atoms with Gasteiger partial charge in [-0.05, 0) is 50.3 Å². The molecule has 7 nitrogen and oxygen atoms in total. The Labute approximate surface area is 195 Å². The van der Waals surface area contributed by atoms with Gasteiger partial charge in [0.1, 0.15) is 16.9 Å². The summed E-state index contributed by atoms with van der Waals surface area (Å²) in [6.45, 7) is 5.72. The van der Waals surface area contributed by atoms with Crippen molar-refractivity contribution in [1.29, 1.82) is 0 Å². The third kappa shape index (κ3) is 6.24. The van der Waals surface area contributed by atoms with E-state index in [2.05, 4.69) is 5.32 Å². The highest BCUT2D eigenvalue weighted by Gasteiger charge is 2.24. The highest BCUT2D eigenvalue weighted by molar-refractivity contribution is 5.99. The van der Waals surface area contributed by atoms with Crippen molar-refractivity contribution in [3.8, 4) is 5.75 Å². The molecule has 1 N–H and O–H groups in total. The normalized spacial score (nSPS) is 14.9. The fourth-order valence-electron chi connectivity index (χ4n) is 4.06. The number of carbonyl (C=O) groups is 2. The van der Waals surface area contributed by atoms with Crippen LogP contribution in [0.15, 0.2) is 41.5 Å². The first-order chi connectivity index (χ1) is 15.9. The van der Waals surface area contributed by atoms with Gasteiger partial charge in [0.25, 0.3) is 11.8 Å². The number of hydrogen-bond acceptors (Lipinski definition) is 4. The summed E-state index contributed by atoms with van der Waals surface area (Å²) in [5, 5.41) is 2.85. The van der Waals surface area contributed by atoms with E-state index in [0.717, 1.165) is 43.4 Å². The van der Waals surface area contributed by atoms with E-state index in [0.29, 0.717) is 26.1 Å². The van der Waals surface area contributed by atoms with Crippen LogP contribution in [-0.2, 0) is 6.42 Å². The molecule has 1 atom stereocenters. The summed E-state index contributed by atoms with van der Waals surface area (Å²) >= 11 is 0. The molecule has 1 saturated heterocycles. The molecule has 1 aromatic heterocycles. The van der Waals surface area contributed by atoms with Crippen LogP contribution in [0.5, 0.6) is 5.75 Å². The van der Waals surface area contributed by atoms with E-state index in [1.54, 1.807) is 24.4 Å². The third-order valence-corrected chi connectivity index (χ3v) is 6.35. The zero-order chi connectivity index (χ0) is 23.8. The Morgan fingerprint density at radius 1 is 1.09 bits per heavy atom. The molecule has 33 heavy (non-hydrogen) atoms. The maximum atomic E-state index is 13.2. The Morgan fingerprint density at radius 2 is 1.79 bits per heavy atom. The van der Waals surface area contributed by atoms with E-state index in [1.807, 2.05) is 42.7 Å². The van der Waals surface area contributed by atoms with Crippen LogP contribution in [0.1, 0.15) is 78.3 Å². The molecule has 2 aromatic rings. The number of rotatable bonds is 8. The molecule has 1 aromatic carbocycles. The minimum absolute atomic E-state index is 0.0154. The monoisotopic (exact) mass is 453 g/mol. The molecule has 0 saturated carbocycles. The standard InChI is InChI=1S/C26H35N3O4/c1-4-19(2)29-17-22(25(31)27-13-12-20-10-9-11-21(16-20)33-3)24(30)23(18-29)26(32)28-14-7-5-6-8-15-28/h9-11,16-19H,4-8,12-15H2,1-3H3,(H,27,31). The van der Waals surface area contributed by atoms with Gasteiger partial charge < -0.3 is 19.5 Å². The van der Waals surface area contributed by atoms with Gasteiger partial charge in [0.05, 0.1) is 7.11 Å². The van der Waals surface area contributed by atoms with Crippen LogP contribution in [0.4, 0.5) is 0 Å². The first-order valence-electron chi connectivity index (χ1n) is 11.9. The minimum atomic E-state index is -0.498. The predicted octanol–water partition coefficient (Wildman–Crippen LogP) is 3.82. The molecule has 7 heteroatoms. The highest BCUT2D eigenvalue weighted by Crippen LogP contribution is 2.16. The Kier molecular flexibility index (Phi) is 8.69. The van der Waals surface area contributed by atoms with E-state index >= 15 is 0 Å². The van der Waals surface area contributed by atoms with Crippen LogP contribution in [0.2, 0.25) is 0 Å². The maximum absolute atomic E-state index is 13.2. The lowest BCUT2D eigenvalue weighted by atomic mass is 10.1. The summed E-state index contributed by atoms with van der Waals surface area (Å²) < 4.78 is 7.06. The van der Waals surface area contributed by atoms with Gasteiger partial charge in [-0.25, -0.2) is 0 Å². The molecule has 1 unspecified atom stereocenters. The van der Waals surface area contributed by atoms with Crippen molar-refractivity contribution in [2.75, 3.05) is 26.7 Å². The lowest BCUT2D eigenvalue weighted by molar-refractivity contribution is 0.0759. The fraction of sp³-hybridized carbons (Fsp3) is 0.500. The summed E-state index contributed by atoms with van der Waals surface area (Å²) in [6, 6.07) is 7.71. The predicted molar refractivity (Wildman–Crippen MR) is 129 cm³/mol. The van der Waals surface area contributed by atoms with Gasteiger partial charge in [-0.2, -0.15) is 0 Å². The molecule has 0 aliphatic carbocycles. The van der Waals surface area contributed by atoms with Crippen LogP contribution in [-0.4, -0.2) is 48.0 Å². The van der Waals surface area contributed by atoms with Gasteiger partial charge in [-0.3, -0.25) is 14.4 Å². The van der Waals surface area contributed by atoms with Gasteiger partial charge in [0.15, 0.2) is 0 Å². The Morgan fingerprint density at radius 3 is 2.45 bits per heavy atom. The second-order valence-electron chi connectivity index (χ2n) is 8.68. The zero-order valence-electron chi connectivity index (χ0n) is 19.9. The number of pyridine rings is 1. The first kappa shape index (κ1) is 24.6. The van der Waals surface area contributed by atoms with E-state index < -0.39 is 11.3 Å². The van der Waals surface area contributed by atoms with Crippen molar-refractivity contribution in [3.05, 3.63) is 63.6 Å². The molecule has 0 spiro atoms. The number of methoxy groups -OCH3 is 1. The number of nitrogens with one attached hydrogen (secondary N) is 1. The summed E-state index contributed by atoms with van der Waals surface area (Å²) in [6.07, 6.45) is 8.69. The smallest absolute Gasteiger partial charge is 0.259 e. The van der Waals surface area contributed by atoms with Crippen molar-refractivity contribution in [2.24, 2.45) is 0 Å². The maximum Gasteiger partial charge on any atom is 0.259 e. The number of benzene rings is 1. The van der Waals surface area contributed by atoms with E-state index in [4.69, 9.17) is 4.74 Å². The Hall–Kier alpha value is -3.09. The van der Waals surface area contributed by atoms with Crippen LogP contribution >= 0.6 is 0 Å². The quantitative estimate of drug-likeness (QED) is 0.659. The van der Waals surface area contributed by atoms with Gasteiger partial charge in [0, 0.05) is 38.1 Å². The van der Waals surface area contributed by atoms with Gasteiger partial charge in [0.2, 0.25) is 5.43 Å². The lowest BCUT2D eigenvalue weighted by Crippen LogP contribution is -2.38. The lowest BCUT2D eigenvalue weighted by Gasteiger charge is -2.22. The molecule has 178 valence electrons. The molecule has 2 heterocycles. The van der Waals surface area contributed by atoms with E-state index in [-0.39, 0.29) is 23.1 Å². The number of hydrogen-bond donors (Lipinski definition) is 1. The molecule has 3 rings (SSSR count). The molecule has 2 amide bonds. The van der Waals surface area contributed by atoms with Crippen molar-refractivity contribution in [2.45, 2.75) is 58.4 Å². The van der Waals surface area contributed by atoms with E-state index in [9.17, 15) is 14.4 Å². The minimum Gasteiger partial charge on any atom is -0.497 e. The second kappa shape index (κ2) is 11.7. The summed E-state index contributed by atoms with van der Waals surface area (Å²) in [5.41, 5.74) is 0.624.